The number of benzene rings is 4. The molecule has 33 heavy (non-hydrogen) atoms. The van der Waals surface area contributed by atoms with Gasteiger partial charge in [-0.15, -0.1) is 0 Å². The molecule has 0 fully saturated rings. The number of hydrogen-bond acceptors (Lipinski definition) is 5. The van der Waals surface area contributed by atoms with Crippen molar-refractivity contribution in [2.45, 2.75) is 0 Å². The minimum Gasteiger partial charge on any atom is -0.497 e. The lowest BCUT2D eigenvalue weighted by atomic mass is 10.1. The third-order valence-corrected chi connectivity index (χ3v) is 5.17. The van der Waals surface area contributed by atoms with Crippen LogP contribution in [0.25, 0.3) is 10.8 Å². The molecule has 0 saturated carbocycles. The van der Waals surface area contributed by atoms with E-state index in [1.54, 1.807) is 55.6 Å². The van der Waals surface area contributed by atoms with E-state index in [9.17, 15) is 9.59 Å². The number of esters is 1. The number of rotatable bonds is 6. The molecule has 0 aliphatic carbocycles. The van der Waals surface area contributed by atoms with Gasteiger partial charge in [-0.3, -0.25) is 4.79 Å². The van der Waals surface area contributed by atoms with Crippen molar-refractivity contribution in [2.24, 2.45) is 5.10 Å². The number of nitrogens with zero attached hydrogens (tertiary/aromatic N) is 1. The van der Waals surface area contributed by atoms with E-state index >= 15 is 0 Å². The van der Waals surface area contributed by atoms with Gasteiger partial charge in [0.2, 0.25) is 0 Å². The molecule has 0 radical (unpaired) electrons. The third-order valence-electron chi connectivity index (χ3n) is 4.88. The number of fused-ring (bicyclic) bond motifs is 1. The summed E-state index contributed by atoms with van der Waals surface area (Å²) < 4.78 is 10.4. The molecule has 164 valence electrons. The summed E-state index contributed by atoms with van der Waals surface area (Å²) in [7, 11) is 1.55. The highest BCUT2D eigenvalue weighted by molar-refractivity contribution is 6.32. The van der Waals surface area contributed by atoms with Crippen LogP contribution in [-0.4, -0.2) is 25.2 Å². The molecule has 1 amide bonds. The topological polar surface area (TPSA) is 77.0 Å². The first-order valence-electron chi connectivity index (χ1n) is 10.0. The van der Waals surface area contributed by atoms with E-state index in [1.807, 2.05) is 36.4 Å². The number of methoxy groups -OCH3 is 1. The quantitative estimate of drug-likeness (QED) is 0.179. The van der Waals surface area contributed by atoms with Gasteiger partial charge < -0.3 is 9.47 Å². The fourth-order valence-electron chi connectivity index (χ4n) is 3.13. The van der Waals surface area contributed by atoms with Gasteiger partial charge in [-0.1, -0.05) is 41.9 Å². The molecule has 4 aromatic rings. The van der Waals surface area contributed by atoms with E-state index in [0.29, 0.717) is 22.4 Å². The zero-order chi connectivity index (χ0) is 23.2. The second-order valence-electron chi connectivity index (χ2n) is 7.07. The van der Waals surface area contributed by atoms with Crippen LogP contribution in [0.15, 0.2) is 90.0 Å². The summed E-state index contributed by atoms with van der Waals surface area (Å²) in [5, 5.41) is 6.26. The number of hydrazone groups is 1. The van der Waals surface area contributed by atoms with Gasteiger partial charge in [0.15, 0.2) is 0 Å². The van der Waals surface area contributed by atoms with Gasteiger partial charge in [0.25, 0.3) is 5.91 Å². The van der Waals surface area contributed by atoms with Crippen LogP contribution >= 0.6 is 11.6 Å². The lowest BCUT2D eigenvalue weighted by Gasteiger charge is -2.07. The van der Waals surface area contributed by atoms with Crippen molar-refractivity contribution < 1.29 is 19.1 Å². The molecule has 0 spiro atoms. The summed E-state index contributed by atoms with van der Waals surface area (Å²) in [5.41, 5.74) is 4.00. The van der Waals surface area contributed by atoms with Crippen molar-refractivity contribution in [3.63, 3.8) is 0 Å². The summed E-state index contributed by atoms with van der Waals surface area (Å²) in [6.45, 7) is 0. The molecule has 1 N–H and O–H groups in total. The first-order valence-corrected chi connectivity index (χ1v) is 10.4. The molecule has 6 nitrogen and oxygen atoms in total. The maximum atomic E-state index is 12.4. The molecule has 7 heteroatoms. The molecular weight excluding hydrogens is 440 g/mol. The normalized spacial score (nSPS) is 10.8. The summed E-state index contributed by atoms with van der Waals surface area (Å²) in [6, 6.07) is 24.6. The Morgan fingerprint density at radius 1 is 0.879 bits per heavy atom. The van der Waals surface area contributed by atoms with E-state index in [4.69, 9.17) is 21.1 Å². The van der Waals surface area contributed by atoms with Gasteiger partial charge in [0.05, 0.1) is 23.9 Å². The molecule has 0 aliphatic heterocycles. The Kier molecular flexibility index (Phi) is 6.66. The predicted octanol–water partition coefficient (Wildman–Crippen LogP) is 5.48. The number of amides is 1. The van der Waals surface area contributed by atoms with Crippen LogP contribution in [0.4, 0.5) is 0 Å². The average Bonchev–Trinajstić information content (AvgIpc) is 2.85. The molecule has 0 bridgehead atoms. The largest absolute Gasteiger partial charge is 0.497 e. The highest BCUT2D eigenvalue weighted by Crippen LogP contribution is 2.26. The van der Waals surface area contributed by atoms with Gasteiger partial charge in [-0.25, -0.2) is 10.2 Å². The fourth-order valence-corrected chi connectivity index (χ4v) is 3.35. The highest BCUT2D eigenvalue weighted by Gasteiger charge is 2.12. The van der Waals surface area contributed by atoms with Gasteiger partial charge in [-0.2, -0.15) is 5.10 Å². The fraction of sp³-hybridized carbons (Fsp3) is 0.0385. The summed E-state index contributed by atoms with van der Waals surface area (Å²) in [5.74, 6) is -0.00692. The molecule has 0 aliphatic rings. The summed E-state index contributed by atoms with van der Waals surface area (Å²) >= 11 is 6.26. The van der Waals surface area contributed by atoms with Gasteiger partial charge in [0.1, 0.15) is 11.5 Å². The average molecular weight is 459 g/mol. The van der Waals surface area contributed by atoms with Crippen LogP contribution in [0, 0.1) is 0 Å². The van der Waals surface area contributed by atoms with Crippen molar-refractivity contribution in [3.05, 3.63) is 107 Å². The Hall–Kier alpha value is -4.16. The number of halogens is 1. The van der Waals surface area contributed by atoms with Crippen molar-refractivity contribution in [2.75, 3.05) is 7.11 Å². The molecular formula is C26H19ClN2O4. The van der Waals surface area contributed by atoms with Crippen molar-refractivity contribution in [1.29, 1.82) is 0 Å². The molecule has 0 aromatic heterocycles. The number of carbonyl (C=O) groups is 2. The minimum atomic E-state index is -0.538. The van der Waals surface area contributed by atoms with E-state index in [1.165, 1.54) is 6.21 Å². The lowest BCUT2D eigenvalue weighted by Crippen LogP contribution is -2.17. The Labute approximate surface area is 195 Å². The van der Waals surface area contributed by atoms with Crippen molar-refractivity contribution in [3.8, 4) is 11.5 Å². The van der Waals surface area contributed by atoms with Crippen LogP contribution < -0.4 is 14.9 Å². The lowest BCUT2D eigenvalue weighted by molar-refractivity contribution is 0.0734. The van der Waals surface area contributed by atoms with Crippen LogP contribution in [0.1, 0.15) is 26.3 Å². The van der Waals surface area contributed by atoms with Crippen LogP contribution in [0.2, 0.25) is 5.02 Å². The first-order chi connectivity index (χ1) is 16.0. The van der Waals surface area contributed by atoms with Crippen molar-refractivity contribution in [1.82, 2.24) is 5.43 Å². The number of hydrogen-bond donors (Lipinski definition) is 1. The van der Waals surface area contributed by atoms with Crippen molar-refractivity contribution >= 4 is 40.5 Å². The predicted molar refractivity (Wildman–Crippen MR) is 128 cm³/mol. The van der Waals surface area contributed by atoms with Gasteiger partial charge in [-0.05, 0) is 70.9 Å². The van der Waals surface area contributed by atoms with Gasteiger partial charge in [0, 0.05) is 5.56 Å². The first kappa shape index (κ1) is 22.0. The zero-order valence-electron chi connectivity index (χ0n) is 17.6. The molecule has 4 rings (SSSR count). The smallest absolute Gasteiger partial charge is 0.343 e. The van der Waals surface area contributed by atoms with Gasteiger partial charge >= 0.3 is 5.97 Å². The maximum Gasteiger partial charge on any atom is 0.343 e. The van der Waals surface area contributed by atoms with E-state index in [0.717, 1.165) is 10.8 Å². The Bertz CT molecular complexity index is 1350. The molecule has 0 heterocycles. The molecule has 4 aromatic carbocycles. The SMILES string of the molecule is COc1ccc(C(=O)Oc2ccc(/C=N\NC(=O)c3ccc4ccccc4c3)cc2Cl)cc1. The summed E-state index contributed by atoms with van der Waals surface area (Å²) in [6.07, 6.45) is 1.46. The monoisotopic (exact) mass is 458 g/mol. The summed E-state index contributed by atoms with van der Waals surface area (Å²) in [4.78, 5) is 24.7. The Balaban J connectivity index is 1.38. The van der Waals surface area contributed by atoms with E-state index in [2.05, 4.69) is 10.5 Å². The van der Waals surface area contributed by atoms with Crippen LogP contribution in [0.5, 0.6) is 11.5 Å². The highest BCUT2D eigenvalue weighted by atomic mass is 35.5. The third kappa shape index (κ3) is 5.37. The standard InChI is InChI=1S/C26H19ClN2O4/c1-32-22-11-9-19(10-12-22)26(31)33-24-13-6-17(14-23(24)27)16-28-29-25(30)21-8-7-18-4-2-3-5-20(18)15-21/h2-16H,1H3,(H,29,30)/b28-16-. The molecule has 0 unspecified atom stereocenters. The number of ether oxygens (including phenoxy) is 2. The second kappa shape index (κ2) is 9.97. The maximum absolute atomic E-state index is 12.4. The zero-order valence-corrected chi connectivity index (χ0v) is 18.4. The molecule has 0 atom stereocenters. The second-order valence-corrected chi connectivity index (χ2v) is 7.48. The van der Waals surface area contributed by atoms with Crippen LogP contribution in [-0.2, 0) is 0 Å². The van der Waals surface area contributed by atoms with Crippen LogP contribution in [0.3, 0.4) is 0 Å². The molecule has 0 saturated heterocycles. The Morgan fingerprint density at radius 3 is 2.33 bits per heavy atom. The number of nitrogens with one attached hydrogen (secondary N) is 1. The Morgan fingerprint density at radius 2 is 1.61 bits per heavy atom. The minimum absolute atomic E-state index is 0.217. The van der Waals surface area contributed by atoms with E-state index < -0.39 is 5.97 Å². The van der Waals surface area contributed by atoms with E-state index in [-0.39, 0.29) is 16.7 Å². The number of carbonyl (C=O) groups excluding carboxylic acids is 2.